The lowest BCUT2D eigenvalue weighted by molar-refractivity contribution is -0.373. The second-order valence-corrected chi connectivity index (χ2v) is 21.2. The lowest BCUT2D eigenvalue weighted by Gasteiger charge is -2.49. The maximum Gasteiger partial charge on any atom is 0.338 e. The van der Waals surface area contributed by atoms with Gasteiger partial charge in [-0.15, -0.1) is 0 Å². The standard InChI is InChI=1S/C63H60Cl3NO13/c64-63(65,66)62(67)80-61-57(54(72-38-45-26-12-3-13-27-45)52(71-37-44-24-10-2-11-25-44)50(76-61)41-70-36-43-22-8-1-9-23-43)79-60-56(74-40-47-30-16-5-17-31-47)55(73-39-46-28-14-4-15-29-46)53(78-59(69)49-34-20-7-21-35-49)51(77-60)42-75-58(68)48-32-18-6-19-33-48/h1-35,50-57,60-61,67H,36-42H2/t50-,51-,52-,53-,54+,55+,56+,57+,60+,61-/m1/s1. The molecule has 2 aliphatic heterocycles. The summed E-state index contributed by atoms with van der Waals surface area (Å²) in [5, 5.41) is 8.95. The highest BCUT2D eigenvalue weighted by atomic mass is 35.6. The van der Waals surface area contributed by atoms with E-state index in [1.165, 1.54) is 0 Å². The molecule has 14 nitrogen and oxygen atoms in total. The summed E-state index contributed by atoms with van der Waals surface area (Å²) in [5.74, 6) is -2.17. The Bertz CT molecular complexity index is 2970. The molecule has 0 bridgehead atoms. The number of alkyl halides is 3. The third-order valence-corrected chi connectivity index (χ3v) is 13.7. The fourth-order valence-corrected chi connectivity index (χ4v) is 9.26. The van der Waals surface area contributed by atoms with Gasteiger partial charge < -0.3 is 52.1 Å². The molecule has 0 spiro atoms. The molecule has 0 aromatic heterocycles. The van der Waals surface area contributed by atoms with Gasteiger partial charge in [0.15, 0.2) is 18.5 Å². The molecule has 1 N–H and O–H groups in total. The smallest absolute Gasteiger partial charge is 0.338 e. The molecule has 0 unspecified atom stereocenters. The van der Waals surface area contributed by atoms with Crippen LogP contribution in [0.4, 0.5) is 0 Å². The molecule has 2 saturated heterocycles. The van der Waals surface area contributed by atoms with E-state index in [9.17, 15) is 9.59 Å². The minimum absolute atomic E-state index is 0.000888. The zero-order valence-corrected chi connectivity index (χ0v) is 45.6. The van der Waals surface area contributed by atoms with Crippen LogP contribution in [0.2, 0.25) is 0 Å². The van der Waals surface area contributed by atoms with Crippen molar-refractivity contribution in [2.75, 3.05) is 13.2 Å². The molecule has 17 heteroatoms. The van der Waals surface area contributed by atoms with Crippen molar-refractivity contribution in [1.82, 2.24) is 0 Å². The van der Waals surface area contributed by atoms with Gasteiger partial charge in [0.2, 0.25) is 12.2 Å². The van der Waals surface area contributed by atoms with Crippen molar-refractivity contribution in [3.8, 4) is 0 Å². The first-order valence-electron chi connectivity index (χ1n) is 26.1. The van der Waals surface area contributed by atoms with Crippen LogP contribution in [0.15, 0.2) is 212 Å². The van der Waals surface area contributed by atoms with Crippen LogP contribution < -0.4 is 0 Å². The Kier molecular flexibility index (Phi) is 21.3. The number of hydrogen-bond acceptors (Lipinski definition) is 14. The molecule has 7 aromatic carbocycles. The van der Waals surface area contributed by atoms with E-state index in [0.29, 0.717) is 0 Å². The molecule has 0 aliphatic carbocycles. The number of rotatable bonds is 24. The molecule has 416 valence electrons. The predicted octanol–water partition coefficient (Wildman–Crippen LogP) is 11.8. The Hall–Kier alpha value is -6.50. The molecule has 10 atom stereocenters. The predicted molar refractivity (Wildman–Crippen MR) is 300 cm³/mol. The van der Waals surface area contributed by atoms with Crippen LogP contribution in [0.5, 0.6) is 0 Å². The zero-order chi connectivity index (χ0) is 55.5. The monoisotopic (exact) mass is 1140 g/mol. The van der Waals surface area contributed by atoms with Crippen LogP contribution in [0, 0.1) is 5.41 Å². The molecular weight excluding hydrogens is 1090 g/mol. The molecule has 80 heavy (non-hydrogen) atoms. The Labute approximate surface area is 480 Å². The minimum atomic E-state index is -2.36. The summed E-state index contributed by atoms with van der Waals surface area (Å²) in [6, 6.07) is 64.4. The number of carbonyl (C=O) groups excluding carboxylic acids is 2. The van der Waals surface area contributed by atoms with Crippen molar-refractivity contribution in [3.63, 3.8) is 0 Å². The normalized spacial score (nSPS) is 22.9. The number of carbonyl (C=O) groups is 2. The first kappa shape index (κ1) is 58.2. The second kappa shape index (κ2) is 29.3. The van der Waals surface area contributed by atoms with Crippen molar-refractivity contribution >= 4 is 52.6 Å². The molecular formula is C63H60Cl3NO13. The van der Waals surface area contributed by atoms with E-state index in [1.807, 2.05) is 152 Å². The van der Waals surface area contributed by atoms with Gasteiger partial charge in [-0.05, 0) is 52.1 Å². The molecule has 7 aromatic rings. The van der Waals surface area contributed by atoms with Gasteiger partial charge in [0, 0.05) is 0 Å². The van der Waals surface area contributed by atoms with Gasteiger partial charge in [-0.3, -0.25) is 5.41 Å². The minimum Gasteiger partial charge on any atom is -0.459 e. The fourth-order valence-electron chi connectivity index (χ4n) is 9.13. The Balaban J connectivity index is 1.15. The first-order chi connectivity index (χ1) is 39.1. The van der Waals surface area contributed by atoms with Gasteiger partial charge in [0.05, 0.1) is 50.8 Å². The SMILES string of the molecule is N=C(O[C@H]1O[C@H](COCc2ccccc2)[C@@H](OCc2ccccc2)[C@H](OCc2ccccc2)[C@@H]1O[C@@H]1O[C@H](COC(=O)c2ccccc2)[C@@H](OC(=O)c2ccccc2)[C@H](OCc2ccccc2)[C@@H]1OCc1ccccc1)C(Cl)(Cl)Cl. The third-order valence-electron chi connectivity index (χ3n) is 13.1. The average Bonchev–Trinajstić information content (AvgIpc) is 3.53. The molecule has 0 saturated carbocycles. The molecule has 2 aliphatic rings. The largest absolute Gasteiger partial charge is 0.459 e. The van der Waals surface area contributed by atoms with Crippen molar-refractivity contribution in [2.45, 2.75) is 98.2 Å². The van der Waals surface area contributed by atoms with Gasteiger partial charge in [-0.1, -0.05) is 223 Å². The van der Waals surface area contributed by atoms with E-state index < -0.39 is 89.6 Å². The lowest BCUT2D eigenvalue weighted by Crippen LogP contribution is -2.67. The van der Waals surface area contributed by atoms with Gasteiger partial charge in [-0.25, -0.2) is 9.59 Å². The number of halogens is 3. The van der Waals surface area contributed by atoms with E-state index >= 15 is 0 Å². The Morgan fingerprint density at radius 2 is 0.762 bits per heavy atom. The molecule has 2 fully saturated rings. The van der Waals surface area contributed by atoms with Crippen LogP contribution in [0.1, 0.15) is 48.5 Å². The second-order valence-electron chi connectivity index (χ2n) is 18.9. The van der Waals surface area contributed by atoms with Crippen LogP contribution in [0.3, 0.4) is 0 Å². The van der Waals surface area contributed by atoms with Crippen molar-refractivity contribution < 1.29 is 61.7 Å². The van der Waals surface area contributed by atoms with Crippen molar-refractivity contribution in [3.05, 3.63) is 251 Å². The number of benzene rings is 7. The van der Waals surface area contributed by atoms with E-state index in [4.69, 9.17) is 92.3 Å². The summed E-state index contributed by atoms with van der Waals surface area (Å²) in [7, 11) is 0. The van der Waals surface area contributed by atoms with Crippen LogP contribution >= 0.6 is 34.8 Å². The highest BCUT2D eigenvalue weighted by molar-refractivity contribution is 6.76. The Morgan fingerprint density at radius 3 is 1.21 bits per heavy atom. The van der Waals surface area contributed by atoms with E-state index in [1.54, 1.807) is 60.7 Å². The van der Waals surface area contributed by atoms with Gasteiger partial charge >= 0.3 is 11.9 Å². The van der Waals surface area contributed by atoms with E-state index in [-0.39, 0.29) is 50.8 Å². The van der Waals surface area contributed by atoms with Crippen molar-refractivity contribution in [1.29, 1.82) is 5.41 Å². The highest BCUT2D eigenvalue weighted by Crippen LogP contribution is 2.38. The maximum absolute atomic E-state index is 14.3. The Morgan fingerprint density at radius 1 is 0.400 bits per heavy atom. The van der Waals surface area contributed by atoms with Gasteiger partial charge in [0.1, 0.15) is 43.2 Å². The quantitative estimate of drug-likeness (QED) is 0.0264. The summed E-state index contributed by atoms with van der Waals surface area (Å²) >= 11 is 19.1. The molecule has 0 radical (unpaired) electrons. The van der Waals surface area contributed by atoms with Crippen LogP contribution in [-0.4, -0.2) is 96.3 Å². The molecule has 2 heterocycles. The topological polar surface area (TPSA) is 160 Å². The van der Waals surface area contributed by atoms with Crippen LogP contribution in [-0.2, 0) is 85.1 Å². The molecule has 9 rings (SSSR count). The first-order valence-corrected chi connectivity index (χ1v) is 27.2. The fraction of sp³-hybridized carbons (Fsp3) is 0.286. The number of nitrogens with one attached hydrogen (secondary N) is 1. The summed E-state index contributed by atoms with van der Waals surface area (Å²) in [6.07, 6.45) is -12.8. The summed E-state index contributed by atoms with van der Waals surface area (Å²) in [4.78, 5) is 28.1. The van der Waals surface area contributed by atoms with Crippen molar-refractivity contribution in [2.24, 2.45) is 0 Å². The zero-order valence-electron chi connectivity index (χ0n) is 43.4. The maximum atomic E-state index is 14.3. The number of hydrogen-bond donors (Lipinski definition) is 1. The highest BCUT2D eigenvalue weighted by Gasteiger charge is 2.56. The van der Waals surface area contributed by atoms with E-state index in [0.717, 1.165) is 27.8 Å². The molecule has 0 amide bonds. The summed E-state index contributed by atoms with van der Waals surface area (Å²) < 4.78 is 71.5. The third kappa shape index (κ3) is 16.6. The lowest BCUT2D eigenvalue weighted by atomic mass is 9.96. The number of ether oxygens (including phenoxy) is 11. The number of esters is 2. The van der Waals surface area contributed by atoms with Gasteiger partial charge in [0.25, 0.3) is 3.79 Å². The van der Waals surface area contributed by atoms with Gasteiger partial charge in [-0.2, -0.15) is 0 Å². The average molecular weight is 1150 g/mol. The summed E-state index contributed by atoms with van der Waals surface area (Å²) in [5.41, 5.74) is 4.63. The van der Waals surface area contributed by atoms with Crippen LogP contribution in [0.25, 0.3) is 0 Å². The van der Waals surface area contributed by atoms with E-state index in [2.05, 4.69) is 0 Å². The summed E-state index contributed by atoms with van der Waals surface area (Å²) in [6.45, 7) is -0.198.